The lowest BCUT2D eigenvalue weighted by Gasteiger charge is -2.16. The Kier molecular flexibility index (Phi) is 3.92. The molecule has 0 atom stereocenters. The van der Waals surface area contributed by atoms with E-state index in [0.717, 1.165) is 19.2 Å². The molecule has 0 spiro atoms. The van der Waals surface area contributed by atoms with Gasteiger partial charge in [0.2, 0.25) is 0 Å². The molecule has 3 nitrogen and oxygen atoms in total. The molecule has 2 rings (SSSR count). The lowest BCUT2D eigenvalue weighted by Crippen LogP contribution is -2.24. The van der Waals surface area contributed by atoms with Crippen LogP contribution in [0.3, 0.4) is 0 Å². The van der Waals surface area contributed by atoms with Crippen molar-refractivity contribution in [3.8, 4) is 5.69 Å². The van der Waals surface area contributed by atoms with E-state index in [2.05, 4.69) is 15.9 Å². The third-order valence-corrected chi connectivity index (χ3v) is 3.63. The molecule has 0 aliphatic rings. The molecule has 0 amide bonds. The molecule has 0 fully saturated rings. The lowest BCUT2D eigenvalue weighted by molar-refractivity contribution is -0.144. The summed E-state index contributed by atoms with van der Waals surface area (Å²) in [5, 5.41) is 0. The van der Waals surface area contributed by atoms with E-state index in [0.29, 0.717) is 15.4 Å². The average Bonchev–Trinajstić information content (AvgIpc) is 2.58. The van der Waals surface area contributed by atoms with Crippen LogP contribution in [0, 0.1) is 0 Å². The van der Waals surface area contributed by atoms with Crippen LogP contribution in [0.2, 0.25) is 0 Å². The van der Waals surface area contributed by atoms with Gasteiger partial charge in [-0.05, 0) is 28.1 Å². The largest absolute Gasteiger partial charge is 0.434 e. The highest BCUT2D eigenvalue weighted by molar-refractivity contribution is 9.10. The van der Waals surface area contributed by atoms with Crippen LogP contribution in [0.1, 0.15) is 11.3 Å². The van der Waals surface area contributed by atoms with Gasteiger partial charge in [-0.15, -0.1) is 0 Å². The Morgan fingerprint density at radius 2 is 1.55 bits per heavy atom. The van der Waals surface area contributed by atoms with Gasteiger partial charge in [0.1, 0.15) is 4.47 Å². The third-order valence-electron chi connectivity index (χ3n) is 2.92. The summed E-state index contributed by atoms with van der Waals surface area (Å²) in [4.78, 5) is 12.0. The van der Waals surface area contributed by atoms with E-state index in [1.165, 1.54) is 6.07 Å². The van der Waals surface area contributed by atoms with Crippen molar-refractivity contribution in [1.29, 1.82) is 0 Å². The molecule has 0 aliphatic heterocycles. The number of hydrogen-bond donors (Lipinski definition) is 0. The Balaban J connectivity index is 2.85. The summed E-state index contributed by atoms with van der Waals surface area (Å²) < 4.78 is 77.5. The summed E-state index contributed by atoms with van der Waals surface area (Å²) in [5.74, 6) is 0. The second-order valence-electron chi connectivity index (χ2n) is 4.32. The van der Waals surface area contributed by atoms with Crippen LogP contribution in [-0.4, -0.2) is 9.36 Å². The SMILES string of the molecule is Cn1c(C(F)(F)F)c(Br)c(=O)n1-c1ccccc1C(F)(F)F. The number of nitrogens with zero attached hydrogens (tertiary/aromatic N) is 2. The topological polar surface area (TPSA) is 26.9 Å². The Labute approximate surface area is 127 Å². The number of aromatic nitrogens is 2. The van der Waals surface area contributed by atoms with E-state index in [4.69, 9.17) is 0 Å². The van der Waals surface area contributed by atoms with Crippen molar-refractivity contribution >= 4 is 15.9 Å². The van der Waals surface area contributed by atoms with Crippen LogP contribution >= 0.6 is 15.9 Å². The zero-order valence-electron chi connectivity index (χ0n) is 10.8. The second kappa shape index (κ2) is 5.18. The molecule has 0 aliphatic carbocycles. The standard InChI is InChI=1S/C12H7BrF6N2O/c1-20-9(12(17,18)19)8(13)10(22)21(20)7-5-3-2-4-6(7)11(14,15)16/h2-5H,1H3. The van der Waals surface area contributed by atoms with Crippen LogP contribution in [0.15, 0.2) is 33.5 Å². The maximum Gasteiger partial charge on any atom is 0.434 e. The average molecular weight is 389 g/mol. The predicted octanol–water partition coefficient (Wildman–Crippen LogP) is 3.98. The second-order valence-corrected chi connectivity index (χ2v) is 5.11. The number of alkyl halides is 6. The number of hydrogen-bond acceptors (Lipinski definition) is 1. The van der Waals surface area contributed by atoms with Gasteiger partial charge in [-0.1, -0.05) is 12.1 Å². The predicted molar refractivity (Wildman–Crippen MR) is 68.7 cm³/mol. The molecule has 0 radical (unpaired) electrons. The highest BCUT2D eigenvalue weighted by atomic mass is 79.9. The van der Waals surface area contributed by atoms with Gasteiger partial charge in [0, 0.05) is 7.05 Å². The minimum absolute atomic E-state index is 0.329. The fraction of sp³-hybridized carbons (Fsp3) is 0.250. The van der Waals surface area contributed by atoms with Gasteiger partial charge in [0.25, 0.3) is 5.56 Å². The van der Waals surface area contributed by atoms with Crippen LogP contribution in [-0.2, 0) is 19.4 Å². The Morgan fingerprint density at radius 3 is 2.00 bits per heavy atom. The minimum atomic E-state index is -4.90. The van der Waals surface area contributed by atoms with Crippen LogP contribution in [0.4, 0.5) is 26.3 Å². The van der Waals surface area contributed by atoms with E-state index in [9.17, 15) is 31.1 Å². The summed E-state index contributed by atoms with van der Waals surface area (Å²) in [6.45, 7) is 0. The summed E-state index contributed by atoms with van der Waals surface area (Å²) in [6, 6.07) is 3.90. The van der Waals surface area contributed by atoms with Crippen molar-refractivity contribution in [1.82, 2.24) is 9.36 Å². The van der Waals surface area contributed by atoms with E-state index < -0.39 is 39.3 Å². The fourth-order valence-corrected chi connectivity index (χ4v) is 2.70. The Hall–Kier alpha value is -1.71. The van der Waals surface area contributed by atoms with Gasteiger partial charge in [-0.3, -0.25) is 9.48 Å². The van der Waals surface area contributed by atoms with Gasteiger partial charge in [0.05, 0.1) is 11.3 Å². The minimum Gasteiger partial charge on any atom is -0.275 e. The quantitative estimate of drug-likeness (QED) is 0.679. The van der Waals surface area contributed by atoms with Gasteiger partial charge >= 0.3 is 12.4 Å². The maximum absolute atomic E-state index is 13.0. The molecule has 22 heavy (non-hydrogen) atoms. The molecule has 0 saturated carbocycles. The molecule has 2 aromatic rings. The van der Waals surface area contributed by atoms with Crippen LogP contribution < -0.4 is 5.56 Å². The van der Waals surface area contributed by atoms with Gasteiger partial charge in [-0.25, -0.2) is 4.68 Å². The fourth-order valence-electron chi connectivity index (χ4n) is 2.05. The molecule has 0 unspecified atom stereocenters. The Bertz CT molecular complexity index is 771. The van der Waals surface area contributed by atoms with E-state index in [1.54, 1.807) is 0 Å². The summed E-state index contributed by atoms with van der Waals surface area (Å²) in [7, 11) is 0.863. The molecule has 1 heterocycles. The van der Waals surface area contributed by atoms with Crippen LogP contribution in [0.25, 0.3) is 5.69 Å². The molecule has 0 bridgehead atoms. The van der Waals surface area contributed by atoms with E-state index >= 15 is 0 Å². The molecule has 120 valence electrons. The molecule has 0 saturated heterocycles. The van der Waals surface area contributed by atoms with E-state index in [-0.39, 0.29) is 0 Å². The molecule has 0 N–H and O–H groups in total. The summed E-state index contributed by atoms with van der Waals surface area (Å²) >= 11 is 2.50. The first kappa shape index (κ1) is 16.7. The zero-order valence-corrected chi connectivity index (χ0v) is 12.3. The first-order chi connectivity index (χ1) is 9.96. The van der Waals surface area contributed by atoms with Crippen molar-refractivity contribution in [2.75, 3.05) is 0 Å². The summed E-state index contributed by atoms with van der Waals surface area (Å²) in [5.41, 5.74) is -4.49. The normalized spacial score (nSPS) is 12.7. The van der Waals surface area contributed by atoms with Gasteiger partial charge < -0.3 is 0 Å². The van der Waals surface area contributed by atoms with E-state index in [1.807, 2.05) is 0 Å². The molecule has 10 heteroatoms. The first-order valence-electron chi connectivity index (χ1n) is 5.67. The van der Waals surface area contributed by atoms with Crippen molar-refractivity contribution in [3.63, 3.8) is 0 Å². The van der Waals surface area contributed by atoms with Crippen molar-refractivity contribution in [2.24, 2.45) is 7.05 Å². The smallest absolute Gasteiger partial charge is 0.275 e. The highest BCUT2D eigenvalue weighted by Gasteiger charge is 2.41. The van der Waals surface area contributed by atoms with Crippen molar-refractivity contribution in [3.05, 3.63) is 50.3 Å². The monoisotopic (exact) mass is 388 g/mol. The Morgan fingerprint density at radius 1 is 1.00 bits per heavy atom. The number of rotatable bonds is 1. The maximum atomic E-state index is 13.0. The molecule has 1 aromatic heterocycles. The number of benzene rings is 1. The lowest BCUT2D eigenvalue weighted by atomic mass is 10.1. The molecule has 1 aromatic carbocycles. The first-order valence-corrected chi connectivity index (χ1v) is 6.47. The van der Waals surface area contributed by atoms with Crippen molar-refractivity contribution < 1.29 is 26.3 Å². The zero-order chi connectivity index (χ0) is 16.9. The molecular weight excluding hydrogens is 382 g/mol. The van der Waals surface area contributed by atoms with Gasteiger partial charge in [0.15, 0.2) is 5.69 Å². The van der Waals surface area contributed by atoms with Crippen LogP contribution in [0.5, 0.6) is 0 Å². The summed E-state index contributed by atoms with van der Waals surface area (Å²) in [6.07, 6.45) is -9.71. The molecular formula is C12H7BrF6N2O. The van der Waals surface area contributed by atoms with Crippen molar-refractivity contribution in [2.45, 2.75) is 12.4 Å². The highest BCUT2D eigenvalue weighted by Crippen LogP contribution is 2.36. The third kappa shape index (κ3) is 2.67. The number of para-hydroxylation sites is 1. The number of halogens is 7. The van der Waals surface area contributed by atoms with Gasteiger partial charge in [-0.2, -0.15) is 26.3 Å².